The van der Waals surface area contributed by atoms with Crippen molar-refractivity contribution < 1.29 is 4.92 Å². The van der Waals surface area contributed by atoms with Crippen LogP contribution in [-0.4, -0.2) is 14.7 Å². The maximum atomic E-state index is 10.3. The van der Waals surface area contributed by atoms with Gasteiger partial charge in [0.2, 0.25) is 0 Å². The van der Waals surface area contributed by atoms with Crippen molar-refractivity contribution >= 4 is 5.82 Å². The highest BCUT2D eigenvalue weighted by Gasteiger charge is 2.19. The van der Waals surface area contributed by atoms with Crippen molar-refractivity contribution in [3.05, 3.63) is 21.9 Å². The molecule has 0 atom stereocenters. The average molecular weight is 176 g/mol. The molecular formula is C7H4N4O2. The summed E-state index contributed by atoms with van der Waals surface area (Å²) in [4.78, 5) is 9.61. The van der Waals surface area contributed by atoms with E-state index in [1.807, 2.05) is 0 Å². The van der Waals surface area contributed by atoms with Gasteiger partial charge in [0, 0.05) is 0 Å². The van der Waals surface area contributed by atoms with Gasteiger partial charge in [0.15, 0.2) is 5.56 Å². The molecule has 0 fully saturated rings. The molecule has 13 heavy (non-hydrogen) atoms. The minimum Gasteiger partial charge on any atom is -0.358 e. The summed E-state index contributed by atoms with van der Waals surface area (Å²) >= 11 is 0. The minimum atomic E-state index is -0.717. The van der Waals surface area contributed by atoms with E-state index < -0.39 is 10.7 Å². The lowest BCUT2D eigenvalue weighted by Crippen LogP contribution is -1.97. The van der Waals surface area contributed by atoms with Gasteiger partial charge < -0.3 is 10.1 Å². The molecule has 0 saturated carbocycles. The van der Waals surface area contributed by atoms with Crippen LogP contribution in [0.2, 0.25) is 0 Å². The number of hydrogen-bond acceptors (Lipinski definition) is 4. The Bertz CT molecular complexity index is 421. The molecule has 1 heterocycles. The first-order valence-electron chi connectivity index (χ1n) is 3.24. The summed E-state index contributed by atoms with van der Waals surface area (Å²) in [5.74, 6) is 1.80. The number of terminal acetylenes is 1. The van der Waals surface area contributed by atoms with Gasteiger partial charge in [-0.1, -0.05) is 5.92 Å². The van der Waals surface area contributed by atoms with Gasteiger partial charge in [0.05, 0.1) is 11.3 Å². The average Bonchev–Trinajstić information content (AvgIpc) is 2.48. The van der Waals surface area contributed by atoms with Crippen LogP contribution in [0.25, 0.3) is 0 Å². The normalized spacial score (nSPS) is 8.77. The van der Waals surface area contributed by atoms with Crippen molar-refractivity contribution in [1.29, 1.82) is 5.26 Å². The summed E-state index contributed by atoms with van der Waals surface area (Å²) in [6, 6.07) is 1.66. The largest absolute Gasteiger partial charge is 0.407 e. The van der Waals surface area contributed by atoms with Crippen molar-refractivity contribution in [2.24, 2.45) is 0 Å². The number of rotatable bonds is 2. The van der Waals surface area contributed by atoms with E-state index in [4.69, 9.17) is 11.7 Å². The fraction of sp³-hybridized carbons (Fsp3) is 0.143. The van der Waals surface area contributed by atoms with Crippen LogP contribution in [0.3, 0.4) is 0 Å². The zero-order chi connectivity index (χ0) is 9.84. The van der Waals surface area contributed by atoms with Gasteiger partial charge in [-0.15, -0.1) is 6.42 Å². The van der Waals surface area contributed by atoms with Gasteiger partial charge in [-0.05, 0) is 4.92 Å². The highest BCUT2D eigenvalue weighted by molar-refractivity contribution is 5.41. The second-order valence-electron chi connectivity index (χ2n) is 2.14. The molecule has 64 valence electrons. The predicted molar refractivity (Wildman–Crippen MR) is 42.4 cm³/mol. The predicted octanol–water partition coefficient (Wildman–Crippen LogP) is 0.296. The monoisotopic (exact) mass is 176 g/mol. The third-order valence-corrected chi connectivity index (χ3v) is 1.29. The molecule has 0 aliphatic heterocycles. The molecule has 0 aliphatic carbocycles. The van der Waals surface area contributed by atoms with E-state index in [9.17, 15) is 10.1 Å². The van der Waals surface area contributed by atoms with E-state index in [0.29, 0.717) is 0 Å². The van der Waals surface area contributed by atoms with Crippen LogP contribution in [0, 0.1) is 33.8 Å². The van der Waals surface area contributed by atoms with Crippen LogP contribution in [0.4, 0.5) is 5.82 Å². The van der Waals surface area contributed by atoms with Gasteiger partial charge in [-0.2, -0.15) is 9.94 Å². The third kappa shape index (κ3) is 1.63. The van der Waals surface area contributed by atoms with Crippen LogP contribution < -0.4 is 0 Å². The van der Waals surface area contributed by atoms with Crippen LogP contribution in [0.15, 0.2) is 6.20 Å². The standard InChI is InChI=1S/C7H4N4O2/c1-2-3-10-5-6(4-8)7(9-10)11(12)13/h1,5H,3H2. The second kappa shape index (κ2) is 3.37. The third-order valence-electron chi connectivity index (χ3n) is 1.29. The molecule has 0 saturated heterocycles. The van der Waals surface area contributed by atoms with Crippen molar-refractivity contribution in [3.63, 3.8) is 0 Å². The van der Waals surface area contributed by atoms with E-state index in [0.717, 1.165) is 0 Å². The summed E-state index contributed by atoms with van der Waals surface area (Å²) < 4.78 is 1.18. The first-order chi connectivity index (χ1) is 6.19. The molecule has 0 amide bonds. The molecule has 0 aliphatic rings. The lowest BCUT2D eigenvalue weighted by Gasteiger charge is -1.84. The Balaban J connectivity index is 3.15. The highest BCUT2D eigenvalue weighted by Crippen LogP contribution is 2.13. The first-order valence-corrected chi connectivity index (χ1v) is 3.24. The van der Waals surface area contributed by atoms with Gasteiger partial charge in [-0.25, -0.2) is 0 Å². The smallest absolute Gasteiger partial charge is 0.358 e. The van der Waals surface area contributed by atoms with Crippen LogP contribution in [0.5, 0.6) is 0 Å². The molecule has 6 heteroatoms. The number of hydrogen-bond donors (Lipinski definition) is 0. The Morgan fingerprint density at radius 1 is 1.85 bits per heavy atom. The number of nitrogens with zero attached hydrogens (tertiary/aromatic N) is 4. The minimum absolute atomic E-state index is 0.0831. The molecule has 1 rings (SSSR count). The maximum Gasteiger partial charge on any atom is 0.407 e. The Kier molecular flexibility index (Phi) is 2.27. The Labute approximate surface area is 73.5 Å². The van der Waals surface area contributed by atoms with Crippen molar-refractivity contribution in [3.8, 4) is 18.4 Å². The molecule has 0 bridgehead atoms. The van der Waals surface area contributed by atoms with Crippen molar-refractivity contribution in [1.82, 2.24) is 9.78 Å². The molecule has 0 spiro atoms. The molecule has 0 radical (unpaired) electrons. The zero-order valence-corrected chi connectivity index (χ0v) is 6.47. The van der Waals surface area contributed by atoms with Gasteiger partial charge in [-0.3, -0.25) is 0 Å². The molecule has 0 unspecified atom stereocenters. The number of nitriles is 1. The van der Waals surface area contributed by atoms with E-state index in [2.05, 4.69) is 11.0 Å². The van der Waals surface area contributed by atoms with E-state index in [1.165, 1.54) is 10.9 Å². The van der Waals surface area contributed by atoms with Crippen molar-refractivity contribution in [2.75, 3.05) is 0 Å². The molecule has 1 aromatic heterocycles. The Morgan fingerprint density at radius 3 is 2.92 bits per heavy atom. The summed E-state index contributed by atoms with van der Waals surface area (Å²) in [6.07, 6.45) is 6.22. The number of nitro groups is 1. The topological polar surface area (TPSA) is 84.8 Å². The van der Waals surface area contributed by atoms with Gasteiger partial charge in [0.1, 0.15) is 12.6 Å². The Morgan fingerprint density at radius 2 is 2.54 bits per heavy atom. The quantitative estimate of drug-likeness (QED) is 0.368. The second-order valence-corrected chi connectivity index (χ2v) is 2.14. The lowest BCUT2D eigenvalue weighted by atomic mass is 10.4. The lowest BCUT2D eigenvalue weighted by molar-refractivity contribution is -0.390. The summed E-state index contributed by atoms with van der Waals surface area (Å²) in [5.41, 5.74) is -0.0831. The SMILES string of the molecule is C#CCn1cc(C#N)c([N+](=O)[O-])n1. The molecule has 0 N–H and O–H groups in total. The fourth-order valence-corrected chi connectivity index (χ4v) is 0.799. The van der Waals surface area contributed by atoms with E-state index >= 15 is 0 Å². The summed E-state index contributed by atoms with van der Waals surface area (Å²) in [7, 11) is 0. The number of aromatic nitrogens is 2. The molecule has 6 nitrogen and oxygen atoms in total. The van der Waals surface area contributed by atoms with Gasteiger partial charge in [0.25, 0.3) is 0 Å². The van der Waals surface area contributed by atoms with Gasteiger partial charge >= 0.3 is 5.82 Å². The fourth-order valence-electron chi connectivity index (χ4n) is 0.799. The first kappa shape index (κ1) is 8.75. The molecular weight excluding hydrogens is 172 g/mol. The van der Waals surface area contributed by atoms with Crippen LogP contribution in [0.1, 0.15) is 5.56 Å². The Hall–Kier alpha value is -2.34. The highest BCUT2D eigenvalue weighted by atomic mass is 16.6. The van der Waals surface area contributed by atoms with Crippen LogP contribution >= 0.6 is 0 Å². The molecule has 0 aromatic carbocycles. The van der Waals surface area contributed by atoms with Crippen LogP contribution in [-0.2, 0) is 6.54 Å². The van der Waals surface area contributed by atoms with Crippen molar-refractivity contribution in [2.45, 2.75) is 6.54 Å². The van der Waals surface area contributed by atoms with E-state index in [1.54, 1.807) is 6.07 Å². The summed E-state index contributed by atoms with van der Waals surface area (Å²) in [5, 5.41) is 22.3. The maximum absolute atomic E-state index is 10.3. The summed E-state index contributed by atoms with van der Waals surface area (Å²) in [6.45, 7) is 0.114. The van der Waals surface area contributed by atoms with E-state index in [-0.39, 0.29) is 12.1 Å². The molecule has 1 aromatic rings. The zero-order valence-electron chi connectivity index (χ0n) is 6.47.